The van der Waals surface area contributed by atoms with E-state index in [4.69, 9.17) is 37.9 Å². The molecule has 96 heavy (non-hydrogen) atoms. The molecular weight excluding hydrogens is 1250 g/mol. The van der Waals surface area contributed by atoms with Crippen LogP contribution >= 0.6 is 0 Å². The largest absolute Gasteiger partial charge is 0.394 e. The Morgan fingerprint density at radius 1 is 0.448 bits per heavy atom. The highest BCUT2D eigenvalue weighted by atomic mass is 16.8. The molecule has 4 aliphatic heterocycles. The summed E-state index contributed by atoms with van der Waals surface area (Å²) in [6.45, 7) is 6.09. The third-order valence-electron chi connectivity index (χ3n) is 19.9. The first-order valence-corrected chi connectivity index (χ1v) is 37.2. The molecule has 0 bridgehead atoms. The van der Waals surface area contributed by atoms with Crippen LogP contribution in [0.5, 0.6) is 0 Å². The molecule has 25 atom stereocenters. The number of carbonyl (C=O) groups is 2. The average Bonchev–Trinajstić information content (AvgIpc) is 0.804. The summed E-state index contributed by atoms with van der Waals surface area (Å²) < 4.78 is 47.2. The minimum absolute atomic E-state index is 0.124. The van der Waals surface area contributed by atoms with Gasteiger partial charge in [0.25, 0.3) is 0 Å². The van der Waals surface area contributed by atoms with Gasteiger partial charge in [-0.25, -0.2) is 0 Å². The number of rotatable bonds is 52. The zero-order chi connectivity index (χ0) is 70.5. The van der Waals surface area contributed by atoms with Crippen LogP contribution in [-0.2, 0) is 47.5 Å². The van der Waals surface area contributed by atoms with Crippen molar-refractivity contribution in [3.05, 3.63) is 0 Å². The minimum Gasteiger partial charge on any atom is -0.394 e. The van der Waals surface area contributed by atoms with Crippen molar-refractivity contribution in [1.29, 1.82) is 0 Å². The molecule has 4 rings (SSSR count). The molecule has 0 aromatic carbocycles. The Labute approximate surface area is 571 Å². The molecule has 4 saturated heterocycles. The maximum Gasteiger partial charge on any atom is 0.249 e. The summed E-state index contributed by atoms with van der Waals surface area (Å²) in [5.74, 6) is -0.805. The Hall–Kier alpha value is -1.94. The molecule has 0 aromatic rings. The van der Waals surface area contributed by atoms with Gasteiger partial charge in [0.1, 0.15) is 104 Å². The number of carbonyl (C=O) groups excluding carboxylic acids is 2. The van der Waals surface area contributed by atoms with E-state index in [2.05, 4.69) is 31.4 Å². The quantitative estimate of drug-likeness (QED) is 0.0383. The topological polar surface area (TPSA) is 415 Å². The smallest absolute Gasteiger partial charge is 0.249 e. The second kappa shape index (κ2) is 48.9. The van der Waals surface area contributed by atoms with Crippen LogP contribution in [0.15, 0.2) is 0 Å². The van der Waals surface area contributed by atoms with Crippen molar-refractivity contribution in [1.82, 2.24) is 10.6 Å². The van der Waals surface area contributed by atoms with E-state index in [1.54, 1.807) is 0 Å². The van der Waals surface area contributed by atoms with E-state index >= 15 is 0 Å². The van der Waals surface area contributed by atoms with Gasteiger partial charge in [-0.2, -0.15) is 0 Å². The third kappa shape index (κ3) is 30.2. The molecule has 26 nitrogen and oxygen atoms in total. The highest BCUT2D eigenvalue weighted by molar-refractivity contribution is 5.80. The zero-order valence-electron chi connectivity index (χ0n) is 58.6. The Morgan fingerprint density at radius 3 is 1.35 bits per heavy atom. The van der Waals surface area contributed by atoms with Crippen LogP contribution < -0.4 is 10.6 Å². The van der Waals surface area contributed by atoms with Crippen molar-refractivity contribution in [3.63, 3.8) is 0 Å². The van der Waals surface area contributed by atoms with Crippen LogP contribution in [0.2, 0.25) is 0 Å². The van der Waals surface area contributed by atoms with Gasteiger partial charge in [0.15, 0.2) is 25.2 Å². The molecule has 0 saturated carbocycles. The van der Waals surface area contributed by atoms with Crippen LogP contribution in [-0.4, -0.2) is 257 Å². The highest BCUT2D eigenvalue weighted by Gasteiger charge is 2.54. The number of aliphatic hydroxyl groups excluding tert-OH is 14. The standard InChI is InChI=1S/C70H132N2O24/c1-6-8-9-10-11-12-13-14-15-16-17-18-19-20-21-22-23-26-30-33-36-39-49(77)66(88)72-47(55(79)48(76)38-35-32-29-27-24-25-28-31-34-37-44(3)7-2)42-89-70-65(61(85)56(80)50(40-73)93-70)96-69-63(87)60(84)57(81)52(94-69)43-90-67-53(71-46(5)75)64(58(82)51(41-74)92-67)95-68-62(86)59(83)54(78)45(4)91-68/h44-45,47-65,67-70,73-74,76-87H,6-43H2,1-5H3,(H,71,75)(H,72,88). The fourth-order valence-electron chi connectivity index (χ4n) is 13.2. The number of ether oxygens (including phenoxy) is 8. The zero-order valence-corrected chi connectivity index (χ0v) is 58.6. The van der Waals surface area contributed by atoms with E-state index < -0.39 is 185 Å². The summed E-state index contributed by atoms with van der Waals surface area (Å²) in [5, 5.41) is 159. The molecule has 0 spiro atoms. The van der Waals surface area contributed by atoms with Crippen molar-refractivity contribution in [2.24, 2.45) is 5.92 Å². The van der Waals surface area contributed by atoms with E-state index in [0.29, 0.717) is 12.8 Å². The van der Waals surface area contributed by atoms with E-state index in [0.717, 1.165) is 70.6 Å². The second-order valence-corrected chi connectivity index (χ2v) is 28.0. The molecule has 16 N–H and O–H groups in total. The lowest BCUT2D eigenvalue weighted by Gasteiger charge is -2.48. The van der Waals surface area contributed by atoms with Crippen LogP contribution in [0.4, 0.5) is 0 Å². The van der Waals surface area contributed by atoms with Gasteiger partial charge >= 0.3 is 0 Å². The lowest BCUT2D eigenvalue weighted by molar-refractivity contribution is -0.373. The third-order valence-corrected chi connectivity index (χ3v) is 19.9. The van der Waals surface area contributed by atoms with Crippen LogP contribution in [0.25, 0.3) is 0 Å². The molecule has 566 valence electrons. The Balaban J connectivity index is 1.38. The molecule has 4 fully saturated rings. The van der Waals surface area contributed by atoms with Crippen molar-refractivity contribution in [3.8, 4) is 0 Å². The van der Waals surface area contributed by atoms with E-state index in [1.165, 1.54) is 142 Å². The Bertz CT molecular complexity index is 1990. The molecular formula is C70H132N2O24. The van der Waals surface area contributed by atoms with Gasteiger partial charge in [-0.15, -0.1) is 0 Å². The predicted octanol–water partition coefficient (Wildman–Crippen LogP) is 3.95. The molecule has 0 aliphatic carbocycles. The maximum atomic E-state index is 13.8. The molecule has 25 unspecified atom stereocenters. The summed E-state index contributed by atoms with van der Waals surface area (Å²) in [5.41, 5.74) is 0. The number of aliphatic hydroxyl groups is 14. The number of hydrogen-bond acceptors (Lipinski definition) is 24. The number of unbranched alkanes of at least 4 members (excludes halogenated alkanes) is 28. The first-order valence-electron chi connectivity index (χ1n) is 37.2. The lowest BCUT2D eigenvalue weighted by atomic mass is 9.95. The van der Waals surface area contributed by atoms with Gasteiger partial charge in [-0.3, -0.25) is 9.59 Å². The molecule has 26 heteroatoms. The minimum atomic E-state index is -2.10. The Morgan fingerprint density at radius 2 is 0.865 bits per heavy atom. The number of nitrogens with one attached hydrogen (secondary N) is 2. The highest BCUT2D eigenvalue weighted by Crippen LogP contribution is 2.34. The SMILES string of the molecule is CCCCCCCCCCCCCCCCCCCCCCCC(O)C(=O)NC(COC1OC(CO)C(O)C(O)C1OC1OC(COC2OC(CO)C(O)C(OC3OC(C)C(O)C(O)C3O)C2NC(C)=O)C(O)C(O)C1O)C(O)C(O)CCCCCCCCCCCC(C)CC. The summed E-state index contributed by atoms with van der Waals surface area (Å²) in [6.07, 6.45) is -0.437. The van der Waals surface area contributed by atoms with Crippen molar-refractivity contribution in [2.45, 2.75) is 400 Å². The van der Waals surface area contributed by atoms with Crippen LogP contribution in [0, 0.1) is 5.92 Å². The van der Waals surface area contributed by atoms with Crippen LogP contribution in [0.3, 0.4) is 0 Å². The molecule has 0 aromatic heterocycles. The monoisotopic (exact) mass is 1380 g/mol. The fraction of sp³-hybridized carbons (Fsp3) is 0.971. The molecule has 0 radical (unpaired) electrons. The first-order chi connectivity index (χ1) is 46.1. The summed E-state index contributed by atoms with van der Waals surface area (Å²) in [7, 11) is 0. The van der Waals surface area contributed by atoms with Crippen molar-refractivity contribution < 1.29 is 119 Å². The summed E-state index contributed by atoms with van der Waals surface area (Å²) >= 11 is 0. The fourth-order valence-corrected chi connectivity index (χ4v) is 13.2. The van der Waals surface area contributed by atoms with Gasteiger partial charge in [0.05, 0.1) is 44.7 Å². The normalized spacial score (nSPS) is 32.7. The van der Waals surface area contributed by atoms with E-state index in [1.807, 2.05) is 0 Å². The van der Waals surface area contributed by atoms with Gasteiger partial charge < -0.3 is 120 Å². The van der Waals surface area contributed by atoms with Crippen LogP contribution in [0.1, 0.15) is 253 Å². The summed E-state index contributed by atoms with van der Waals surface area (Å²) in [6, 6.07) is -2.93. The average molecular weight is 1390 g/mol. The molecule has 2 amide bonds. The number of amides is 2. The van der Waals surface area contributed by atoms with Crippen molar-refractivity contribution in [2.75, 3.05) is 26.4 Å². The lowest BCUT2D eigenvalue weighted by Crippen LogP contribution is -2.68. The van der Waals surface area contributed by atoms with Crippen molar-refractivity contribution >= 4 is 11.8 Å². The summed E-state index contributed by atoms with van der Waals surface area (Å²) in [4.78, 5) is 26.4. The molecule has 4 aliphatic rings. The maximum absolute atomic E-state index is 13.8. The predicted molar refractivity (Wildman–Crippen MR) is 355 cm³/mol. The van der Waals surface area contributed by atoms with Gasteiger partial charge in [0, 0.05) is 6.92 Å². The number of hydrogen-bond donors (Lipinski definition) is 16. The van der Waals surface area contributed by atoms with Gasteiger partial charge in [-0.1, -0.05) is 226 Å². The second-order valence-electron chi connectivity index (χ2n) is 28.0. The first kappa shape index (κ1) is 86.5. The van der Waals surface area contributed by atoms with E-state index in [-0.39, 0.29) is 12.8 Å². The van der Waals surface area contributed by atoms with Gasteiger partial charge in [0.2, 0.25) is 11.8 Å². The Kier molecular flexibility index (Phi) is 44.0. The van der Waals surface area contributed by atoms with Gasteiger partial charge in [-0.05, 0) is 25.7 Å². The van der Waals surface area contributed by atoms with E-state index in [9.17, 15) is 81.1 Å². The molecule has 4 heterocycles.